The predicted molar refractivity (Wildman–Crippen MR) is 61.9 cm³/mol. The summed E-state index contributed by atoms with van der Waals surface area (Å²) < 4.78 is 4.72. The molecule has 0 radical (unpaired) electrons. The smallest absolute Gasteiger partial charge is 0.324 e. The highest BCUT2D eigenvalue weighted by atomic mass is 16.5. The zero-order valence-electron chi connectivity index (χ0n) is 10.5. The van der Waals surface area contributed by atoms with Gasteiger partial charge in [0.05, 0.1) is 7.11 Å². The van der Waals surface area contributed by atoms with Crippen molar-refractivity contribution in [1.29, 1.82) is 0 Å². The molecule has 0 fully saturated rings. The number of hydrogen-bond acceptors (Lipinski definition) is 4. The molecule has 1 unspecified atom stereocenters. The van der Waals surface area contributed by atoms with Crippen LogP contribution in [0.5, 0.6) is 0 Å². The lowest BCUT2D eigenvalue weighted by Gasteiger charge is -2.28. The maximum Gasteiger partial charge on any atom is 0.324 e. The van der Waals surface area contributed by atoms with Gasteiger partial charge in [-0.3, -0.25) is 4.79 Å². The first-order chi connectivity index (χ1) is 7.10. The number of hydrogen-bond donors (Lipinski definition) is 1. The van der Waals surface area contributed by atoms with Crippen LogP contribution in [0.3, 0.4) is 0 Å². The van der Waals surface area contributed by atoms with Crippen LogP contribution in [0.1, 0.15) is 26.7 Å². The normalized spacial score (nSPS) is 13.3. The summed E-state index contributed by atoms with van der Waals surface area (Å²) in [6.45, 7) is 5.02. The fourth-order valence-corrected chi connectivity index (χ4v) is 1.78. The molecule has 0 aliphatic heterocycles. The van der Waals surface area contributed by atoms with Gasteiger partial charge in [0.1, 0.15) is 6.04 Å². The molecule has 4 nitrogen and oxygen atoms in total. The van der Waals surface area contributed by atoms with E-state index in [2.05, 4.69) is 24.1 Å². The zero-order chi connectivity index (χ0) is 11.8. The average Bonchev–Trinajstić information content (AvgIpc) is 2.26. The lowest BCUT2D eigenvalue weighted by Crippen LogP contribution is -2.46. The molecule has 0 aliphatic rings. The monoisotopic (exact) mass is 216 g/mol. The van der Waals surface area contributed by atoms with E-state index >= 15 is 0 Å². The molecule has 15 heavy (non-hydrogen) atoms. The number of likely N-dealkylation sites (N-methyl/N-ethyl adjacent to an activating group) is 2. The average molecular weight is 216 g/mol. The molecule has 4 heteroatoms. The first-order valence-corrected chi connectivity index (χ1v) is 5.55. The van der Waals surface area contributed by atoms with Crippen molar-refractivity contribution in [1.82, 2.24) is 10.2 Å². The van der Waals surface area contributed by atoms with Gasteiger partial charge in [-0.05, 0) is 26.9 Å². The molecule has 0 heterocycles. The fraction of sp³-hybridized carbons (Fsp3) is 0.909. The number of carbonyl (C=O) groups excluding carboxylic acids is 1. The summed E-state index contributed by atoms with van der Waals surface area (Å²) in [7, 11) is 5.25. The van der Waals surface area contributed by atoms with Crippen molar-refractivity contribution in [3.05, 3.63) is 0 Å². The Bertz CT molecular complexity index is 181. The third-order valence-electron chi connectivity index (χ3n) is 2.87. The quantitative estimate of drug-likeness (QED) is 0.641. The van der Waals surface area contributed by atoms with Crippen molar-refractivity contribution < 1.29 is 9.53 Å². The summed E-state index contributed by atoms with van der Waals surface area (Å²) in [4.78, 5) is 13.6. The van der Waals surface area contributed by atoms with E-state index in [-0.39, 0.29) is 12.0 Å². The molecule has 1 atom stereocenters. The van der Waals surface area contributed by atoms with Crippen molar-refractivity contribution in [3.8, 4) is 0 Å². The Kier molecular flexibility index (Phi) is 7.34. The van der Waals surface area contributed by atoms with Crippen LogP contribution in [0.2, 0.25) is 0 Å². The van der Waals surface area contributed by atoms with Gasteiger partial charge in [0.25, 0.3) is 0 Å². The van der Waals surface area contributed by atoms with E-state index in [0.29, 0.717) is 12.6 Å². The highest BCUT2D eigenvalue weighted by Gasteiger charge is 2.21. The van der Waals surface area contributed by atoms with E-state index < -0.39 is 0 Å². The van der Waals surface area contributed by atoms with Gasteiger partial charge in [-0.2, -0.15) is 0 Å². The molecule has 0 aliphatic carbocycles. The number of methoxy groups -OCH3 is 1. The Hall–Kier alpha value is -0.610. The minimum absolute atomic E-state index is 0.199. The molecule has 0 aromatic rings. The number of carbonyl (C=O) groups is 1. The molecule has 0 aromatic carbocycles. The van der Waals surface area contributed by atoms with Crippen molar-refractivity contribution >= 4 is 5.97 Å². The third kappa shape index (κ3) is 4.62. The van der Waals surface area contributed by atoms with E-state index in [4.69, 9.17) is 4.74 Å². The van der Waals surface area contributed by atoms with Gasteiger partial charge < -0.3 is 15.0 Å². The number of esters is 1. The Morgan fingerprint density at radius 1 is 1.40 bits per heavy atom. The first-order valence-electron chi connectivity index (χ1n) is 5.55. The molecule has 90 valence electrons. The summed E-state index contributed by atoms with van der Waals surface area (Å²) in [6, 6.07) is 0.297. The summed E-state index contributed by atoms with van der Waals surface area (Å²) in [5.41, 5.74) is 0. The molecule has 0 bridgehead atoms. The molecule has 1 N–H and O–H groups in total. The van der Waals surface area contributed by atoms with Crippen LogP contribution in [-0.4, -0.2) is 50.7 Å². The molecule has 0 amide bonds. The second-order valence-corrected chi connectivity index (χ2v) is 3.77. The summed E-state index contributed by atoms with van der Waals surface area (Å²) >= 11 is 0. The highest BCUT2D eigenvalue weighted by molar-refractivity contribution is 5.75. The number of rotatable bonds is 7. The van der Waals surface area contributed by atoms with Crippen LogP contribution in [0, 0.1) is 0 Å². The predicted octanol–water partition coefficient (Wildman–Crippen LogP) is 0.868. The minimum Gasteiger partial charge on any atom is -0.468 e. The molecule has 0 rings (SSSR count). The van der Waals surface area contributed by atoms with Crippen molar-refractivity contribution in [2.45, 2.75) is 38.8 Å². The van der Waals surface area contributed by atoms with Gasteiger partial charge in [0.2, 0.25) is 0 Å². The van der Waals surface area contributed by atoms with Gasteiger partial charge in [-0.1, -0.05) is 13.8 Å². The second-order valence-electron chi connectivity index (χ2n) is 3.77. The molecule has 0 aromatic heterocycles. The van der Waals surface area contributed by atoms with E-state index in [1.54, 1.807) is 7.05 Å². The van der Waals surface area contributed by atoms with Crippen molar-refractivity contribution in [2.24, 2.45) is 0 Å². The van der Waals surface area contributed by atoms with Crippen LogP contribution in [0.4, 0.5) is 0 Å². The summed E-state index contributed by atoms with van der Waals surface area (Å²) in [6.07, 6.45) is 2.20. The SMILES string of the molecule is CCC(CC)N(C)CC(NC)C(=O)OC. The van der Waals surface area contributed by atoms with Crippen molar-refractivity contribution in [2.75, 3.05) is 27.7 Å². The third-order valence-corrected chi connectivity index (χ3v) is 2.87. The van der Waals surface area contributed by atoms with Gasteiger partial charge >= 0.3 is 5.97 Å². The largest absolute Gasteiger partial charge is 0.468 e. The lowest BCUT2D eigenvalue weighted by atomic mass is 10.1. The molecule has 0 spiro atoms. The fourth-order valence-electron chi connectivity index (χ4n) is 1.78. The molecular formula is C11H24N2O2. The van der Waals surface area contributed by atoms with Gasteiger partial charge in [0.15, 0.2) is 0 Å². The lowest BCUT2D eigenvalue weighted by molar-refractivity contribution is -0.143. The van der Waals surface area contributed by atoms with E-state index in [1.807, 2.05) is 7.05 Å². The van der Waals surface area contributed by atoms with E-state index in [9.17, 15) is 4.79 Å². The number of ether oxygens (including phenoxy) is 1. The maximum absolute atomic E-state index is 11.4. The van der Waals surface area contributed by atoms with E-state index in [1.165, 1.54) is 7.11 Å². The van der Waals surface area contributed by atoms with Crippen LogP contribution >= 0.6 is 0 Å². The van der Waals surface area contributed by atoms with Crippen LogP contribution < -0.4 is 5.32 Å². The number of nitrogens with zero attached hydrogens (tertiary/aromatic N) is 1. The second kappa shape index (κ2) is 7.65. The minimum atomic E-state index is -0.236. The Labute approximate surface area is 93.0 Å². The van der Waals surface area contributed by atoms with E-state index in [0.717, 1.165) is 12.8 Å². The Morgan fingerprint density at radius 3 is 2.27 bits per heavy atom. The van der Waals surface area contributed by atoms with Gasteiger partial charge in [-0.25, -0.2) is 0 Å². The van der Waals surface area contributed by atoms with Gasteiger partial charge in [0, 0.05) is 12.6 Å². The molecular weight excluding hydrogens is 192 g/mol. The topological polar surface area (TPSA) is 41.6 Å². The Balaban J connectivity index is 4.22. The van der Waals surface area contributed by atoms with Crippen molar-refractivity contribution in [3.63, 3.8) is 0 Å². The number of nitrogens with one attached hydrogen (secondary N) is 1. The van der Waals surface area contributed by atoms with Gasteiger partial charge in [-0.15, -0.1) is 0 Å². The zero-order valence-corrected chi connectivity index (χ0v) is 10.5. The first kappa shape index (κ1) is 14.4. The maximum atomic E-state index is 11.4. The summed E-state index contributed by atoms with van der Waals surface area (Å²) in [5.74, 6) is -0.199. The van der Waals surface area contributed by atoms with Crippen LogP contribution in [0.15, 0.2) is 0 Å². The van der Waals surface area contributed by atoms with Crippen LogP contribution in [-0.2, 0) is 9.53 Å². The van der Waals surface area contributed by atoms with Crippen LogP contribution in [0.25, 0.3) is 0 Å². The Morgan fingerprint density at radius 2 is 1.93 bits per heavy atom. The summed E-state index contributed by atoms with van der Waals surface area (Å²) in [5, 5.41) is 2.97. The standard InChI is InChI=1S/C11H24N2O2/c1-6-9(7-2)13(4)8-10(12-3)11(14)15-5/h9-10,12H,6-8H2,1-5H3. The highest BCUT2D eigenvalue weighted by Crippen LogP contribution is 2.06. The molecule has 0 saturated heterocycles. The molecule has 0 saturated carbocycles.